The van der Waals surface area contributed by atoms with E-state index in [9.17, 15) is 0 Å². The molecule has 0 aromatic carbocycles. The van der Waals surface area contributed by atoms with Crippen molar-refractivity contribution in [2.24, 2.45) is 0 Å². The second-order valence-electron chi connectivity index (χ2n) is 1.40. The molecule has 1 atom stereocenters. The Bertz CT molecular complexity index is 149. The monoisotopic (exact) mass is 224 g/mol. The zero-order valence-corrected chi connectivity index (χ0v) is 6.49. The van der Waals surface area contributed by atoms with Crippen LogP contribution in [-0.4, -0.2) is 10.1 Å². The Kier molecular flexibility index (Phi) is 1.82. The molecule has 1 heterocycles. The Morgan fingerprint density at radius 1 is 1.88 bits per heavy atom. The van der Waals surface area contributed by atoms with E-state index in [1.807, 2.05) is 6.92 Å². The van der Waals surface area contributed by atoms with Gasteiger partial charge in [0, 0.05) is 0 Å². The van der Waals surface area contributed by atoms with Crippen molar-refractivity contribution < 1.29 is 4.52 Å². The number of halogens is 1. The number of hydrogen-bond acceptors (Lipinski definition) is 3. The van der Waals surface area contributed by atoms with E-state index in [2.05, 4.69) is 32.7 Å². The summed E-state index contributed by atoms with van der Waals surface area (Å²) in [4.78, 5) is 3.83. The van der Waals surface area contributed by atoms with Crippen LogP contribution in [0.15, 0.2) is 10.9 Å². The van der Waals surface area contributed by atoms with Crippen LogP contribution < -0.4 is 0 Å². The smallest absolute Gasteiger partial charge is 0.239 e. The molecule has 4 heteroatoms. The van der Waals surface area contributed by atoms with Crippen LogP contribution in [0.2, 0.25) is 0 Å². The topological polar surface area (TPSA) is 38.9 Å². The van der Waals surface area contributed by atoms with Crippen molar-refractivity contribution in [3.8, 4) is 0 Å². The van der Waals surface area contributed by atoms with Gasteiger partial charge >= 0.3 is 0 Å². The lowest BCUT2D eigenvalue weighted by Gasteiger charge is -1.88. The van der Waals surface area contributed by atoms with Crippen molar-refractivity contribution in [2.45, 2.75) is 10.8 Å². The van der Waals surface area contributed by atoms with E-state index in [0.29, 0.717) is 9.82 Å². The molecule has 1 aromatic heterocycles. The highest BCUT2D eigenvalue weighted by Crippen LogP contribution is 2.17. The fourth-order valence-corrected chi connectivity index (χ4v) is 0.631. The Labute approximate surface area is 60.6 Å². The van der Waals surface area contributed by atoms with E-state index in [4.69, 9.17) is 4.52 Å². The molecule has 0 saturated carbocycles. The van der Waals surface area contributed by atoms with Crippen LogP contribution in [0.3, 0.4) is 0 Å². The second-order valence-corrected chi connectivity index (χ2v) is 3.26. The lowest BCUT2D eigenvalue weighted by Crippen LogP contribution is -1.79. The van der Waals surface area contributed by atoms with Crippen molar-refractivity contribution in [1.29, 1.82) is 0 Å². The van der Waals surface area contributed by atoms with Gasteiger partial charge in [-0.3, -0.25) is 0 Å². The largest absolute Gasteiger partial charge is 0.338 e. The summed E-state index contributed by atoms with van der Waals surface area (Å²) in [5.41, 5.74) is 0. The minimum atomic E-state index is 0.315. The minimum absolute atomic E-state index is 0.315. The minimum Gasteiger partial charge on any atom is -0.338 e. The number of hydrogen-bond donors (Lipinski definition) is 0. The fourth-order valence-electron chi connectivity index (χ4n) is 0.357. The van der Waals surface area contributed by atoms with Gasteiger partial charge in [0.15, 0.2) is 6.33 Å². The summed E-state index contributed by atoms with van der Waals surface area (Å²) < 4.78 is 5.04. The fraction of sp³-hybridized carbons (Fsp3) is 0.500. The van der Waals surface area contributed by atoms with E-state index in [-0.39, 0.29) is 0 Å². The predicted octanol–water partition coefficient (Wildman–Crippen LogP) is 1.57. The van der Waals surface area contributed by atoms with Crippen LogP contribution in [0.5, 0.6) is 0 Å². The number of nitrogens with zero attached hydrogens (tertiary/aromatic N) is 2. The highest BCUT2D eigenvalue weighted by molar-refractivity contribution is 14.1. The van der Waals surface area contributed by atoms with E-state index >= 15 is 0 Å². The van der Waals surface area contributed by atoms with E-state index in [1.165, 1.54) is 6.33 Å². The summed E-state index contributed by atoms with van der Waals surface area (Å²) >= 11 is 2.21. The summed E-state index contributed by atoms with van der Waals surface area (Å²) in [6.07, 6.45) is 1.41. The van der Waals surface area contributed by atoms with Gasteiger partial charge in [0.2, 0.25) is 5.89 Å². The molecular formula is C4H5IN2O. The second kappa shape index (κ2) is 2.43. The molecule has 0 aliphatic heterocycles. The maximum Gasteiger partial charge on any atom is 0.239 e. The van der Waals surface area contributed by atoms with Gasteiger partial charge in [-0.1, -0.05) is 27.7 Å². The number of aromatic nitrogens is 2. The van der Waals surface area contributed by atoms with Gasteiger partial charge < -0.3 is 4.52 Å². The van der Waals surface area contributed by atoms with Gasteiger partial charge in [0.1, 0.15) is 0 Å². The molecule has 8 heavy (non-hydrogen) atoms. The summed E-state index contributed by atoms with van der Waals surface area (Å²) in [6.45, 7) is 1.99. The van der Waals surface area contributed by atoms with Crippen molar-refractivity contribution in [3.63, 3.8) is 0 Å². The lowest BCUT2D eigenvalue weighted by molar-refractivity contribution is 0.382. The molecule has 0 N–H and O–H groups in total. The van der Waals surface area contributed by atoms with Crippen LogP contribution in [0.1, 0.15) is 16.7 Å². The predicted molar refractivity (Wildman–Crippen MR) is 36.7 cm³/mol. The highest BCUT2D eigenvalue weighted by Gasteiger charge is 2.03. The molecular weight excluding hydrogens is 219 g/mol. The summed E-state index contributed by atoms with van der Waals surface area (Å²) in [7, 11) is 0. The molecule has 0 aliphatic rings. The molecule has 1 aromatic rings. The Morgan fingerprint density at radius 3 is 2.88 bits per heavy atom. The van der Waals surface area contributed by atoms with Gasteiger partial charge in [0.05, 0.1) is 3.92 Å². The first-order chi connectivity index (χ1) is 3.80. The van der Waals surface area contributed by atoms with Gasteiger partial charge in [-0.05, 0) is 6.92 Å². The first-order valence-corrected chi connectivity index (χ1v) is 3.46. The summed E-state index contributed by atoms with van der Waals surface area (Å²) in [5, 5.41) is 3.45. The molecule has 0 amide bonds. The van der Waals surface area contributed by atoms with Crippen molar-refractivity contribution in [1.82, 2.24) is 10.1 Å². The number of rotatable bonds is 1. The van der Waals surface area contributed by atoms with Crippen LogP contribution in [0.25, 0.3) is 0 Å². The van der Waals surface area contributed by atoms with E-state index < -0.39 is 0 Å². The zero-order valence-electron chi connectivity index (χ0n) is 4.34. The van der Waals surface area contributed by atoms with Gasteiger partial charge in [-0.25, -0.2) is 0 Å². The molecule has 1 rings (SSSR count). The first kappa shape index (κ1) is 6.00. The Balaban J connectivity index is 2.77. The van der Waals surface area contributed by atoms with Crippen LogP contribution in [-0.2, 0) is 0 Å². The SMILES string of the molecule is CC(I)c1ncno1. The van der Waals surface area contributed by atoms with Crippen LogP contribution in [0, 0.1) is 0 Å². The zero-order chi connectivity index (χ0) is 5.98. The van der Waals surface area contributed by atoms with Crippen molar-refractivity contribution in [3.05, 3.63) is 12.2 Å². The average molecular weight is 224 g/mol. The molecule has 44 valence electrons. The molecule has 0 spiro atoms. The maximum absolute atomic E-state index is 4.73. The molecule has 0 aliphatic carbocycles. The van der Waals surface area contributed by atoms with Crippen LogP contribution >= 0.6 is 22.6 Å². The van der Waals surface area contributed by atoms with Gasteiger partial charge in [-0.15, -0.1) is 0 Å². The van der Waals surface area contributed by atoms with E-state index in [0.717, 1.165) is 0 Å². The maximum atomic E-state index is 4.73. The van der Waals surface area contributed by atoms with Crippen LogP contribution in [0.4, 0.5) is 0 Å². The summed E-state index contributed by atoms with van der Waals surface area (Å²) in [6, 6.07) is 0. The molecule has 3 nitrogen and oxygen atoms in total. The van der Waals surface area contributed by atoms with Gasteiger partial charge in [-0.2, -0.15) is 4.98 Å². The normalized spacial score (nSPS) is 13.8. The quantitative estimate of drug-likeness (QED) is 0.536. The lowest BCUT2D eigenvalue weighted by atomic mass is 10.5. The summed E-state index contributed by atoms with van der Waals surface area (Å²) in [5.74, 6) is 0.686. The molecule has 0 saturated heterocycles. The van der Waals surface area contributed by atoms with E-state index in [1.54, 1.807) is 0 Å². The molecule has 1 unspecified atom stereocenters. The number of alkyl halides is 1. The third-order valence-corrected chi connectivity index (χ3v) is 1.25. The van der Waals surface area contributed by atoms with Gasteiger partial charge in [0.25, 0.3) is 0 Å². The highest BCUT2D eigenvalue weighted by atomic mass is 127. The average Bonchev–Trinajstić information content (AvgIpc) is 2.12. The molecule has 0 bridgehead atoms. The molecule has 0 radical (unpaired) electrons. The molecule has 0 fully saturated rings. The van der Waals surface area contributed by atoms with Crippen molar-refractivity contribution >= 4 is 22.6 Å². The first-order valence-electron chi connectivity index (χ1n) is 2.21. The Morgan fingerprint density at radius 2 is 2.62 bits per heavy atom. The third kappa shape index (κ3) is 1.18. The van der Waals surface area contributed by atoms with Crippen molar-refractivity contribution in [2.75, 3.05) is 0 Å². The third-order valence-electron chi connectivity index (χ3n) is 0.719. The Hall–Kier alpha value is -0.130. The standard InChI is InChI=1S/C4H5IN2O/c1-3(5)4-6-2-7-8-4/h2-3H,1H3.